The van der Waals surface area contributed by atoms with Gasteiger partial charge in [-0.25, -0.2) is 0 Å². The molecule has 2 aromatic rings. The first-order chi connectivity index (χ1) is 13.0. The molecule has 0 aliphatic carbocycles. The van der Waals surface area contributed by atoms with Gasteiger partial charge in [-0.05, 0) is 36.6 Å². The Kier molecular flexibility index (Phi) is 8.25. The molecule has 0 aliphatic rings. The second-order valence-electron chi connectivity index (χ2n) is 5.74. The van der Waals surface area contributed by atoms with Crippen molar-refractivity contribution in [2.45, 2.75) is 19.3 Å². The van der Waals surface area contributed by atoms with E-state index in [9.17, 15) is 4.79 Å². The van der Waals surface area contributed by atoms with E-state index in [4.69, 9.17) is 37.9 Å². The molecule has 7 heteroatoms. The average Bonchev–Trinajstić information content (AvgIpc) is 2.68. The fourth-order valence-electron chi connectivity index (χ4n) is 2.44. The molecule has 0 aliphatic heterocycles. The van der Waals surface area contributed by atoms with Gasteiger partial charge in [-0.2, -0.15) is 5.26 Å². The third-order valence-electron chi connectivity index (χ3n) is 3.85. The van der Waals surface area contributed by atoms with Crippen LogP contribution in [0.3, 0.4) is 0 Å². The smallest absolute Gasteiger partial charge is 0.220 e. The van der Waals surface area contributed by atoms with Crippen LogP contribution >= 0.6 is 23.2 Å². The summed E-state index contributed by atoms with van der Waals surface area (Å²) in [7, 11) is 1.52. The largest absolute Gasteiger partial charge is 0.493 e. The minimum absolute atomic E-state index is 0.0523. The van der Waals surface area contributed by atoms with Crippen LogP contribution in [0.5, 0.6) is 11.5 Å². The molecule has 0 heterocycles. The zero-order valence-corrected chi connectivity index (χ0v) is 16.4. The fourth-order valence-corrected chi connectivity index (χ4v) is 2.85. The molecule has 142 valence electrons. The Morgan fingerprint density at radius 3 is 2.78 bits per heavy atom. The number of rotatable bonds is 9. The van der Waals surface area contributed by atoms with Crippen molar-refractivity contribution in [1.82, 2.24) is 5.32 Å². The fraction of sp³-hybridized carbons (Fsp3) is 0.300. The molecule has 0 spiro atoms. The molecule has 2 rings (SSSR count). The number of carbonyl (C=O) groups is 1. The van der Waals surface area contributed by atoms with Crippen LogP contribution in [0.2, 0.25) is 10.0 Å². The monoisotopic (exact) mass is 406 g/mol. The first kappa shape index (κ1) is 20.9. The predicted molar refractivity (Wildman–Crippen MR) is 106 cm³/mol. The van der Waals surface area contributed by atoms with Crippen LogP contribution in [-0.4, -0.2) is 26.2 Å². The van der Waals surface area contributed by atoms with E-state index in [1.807, 2.05) is 18.2 Å². The lowest BCUT2D eigenvalue weighted by Crippen LogP contribution is -2.25. The molecule has 2 aromatic carbocycles. The minimum Gasteiger partial charge on any atom is -0.493 e. The third kappa shape index (κ3) is 6.35. The molecule has 0 aromatic heterocycles. The third-order valence-corrected chi connectivity index (χ3v) is 4.70. The first-order valence-corrected chi connectivity index (χ1v) is 9.21. The van der Waals surface area contributed by atoms with Crippen LogP contribution in [0.25, 0.3) is 0 Å². The summed E-state index contributed by atoms with van der Waals surface area (Å²) < 4.78 is 10.8. The summed E-state index contributed by atoms with van der Waals surface area (Å²) in [5.41, 5.74) is 1.40. The SMILES string of the molecule is COc1cc(C#N)ccc1OCCCC(=O)NCCc1cccc(Cl)c1Cl. The van der Waals surface area contributed by atoms with Crippen LogP contribution in [0, 0.1) is 11.3 Å². The number of amides is 1. The maximum Gasteiger partial charge on any atom is 0.220 e. The number of hydrogen-bond donors (Lipinski definition) is 1. The van der Waals surface area contributed by atoms with Gasteiger partial charge in [-0.15, -0.1) is 0 Å². The lowest BCUT2D eigenvalue weighted by Gasteiger charge is -2.11. The Morgan fingerprint density at radius 2 is 2.04 bits per heavy atom. The molecule has 0 bridgehead atoms. The van der Waals surface area contributed by atoms with Gasteiger partial charge < -0.3 is 14.8 Å². The Bertz CT molecular complexity index is 834. The van der Waals surface area contributed by atoms with E-state index in [0.29, 0.717) is 59.5 Å². The van der Waals surface area contributed by atoms with Gasteiger partial charge in [0.05, 0.1) is 35.4 Å². The zero-order chi connectivity index (χ0) is 19.6. The summed E-state index contributed by atoms with van der Waals surface area (Å²) in [4.78, 5) is 11.9. The first-order valence-electron chi connectivity index (χ1n) is 8.45. The molecule has 0 saturated carbocycles. The van der Waals surface area contributed by atoms with Crippen LogP contribution in [-0.2, 0) is 11.2 Å². The number of nitrogens with zero attached hydrogens (tertiary/aromatic N) is 1. The topological polar surface area (TPSA) is 71.3 Å². The lowest BCUT2D eigenvalue weighted by atomic mass is 10.1. The summed E-state index contributed by atoms with van der Waals surface area (Å²) in [6.07, 6.45) is 1.53. The van der Waals surface area contributed by atoms with E-state index in [1.165, 1.54) is 7.11 Å². The van der Waals surface area contributed by atoms with E-state index in [1.54, 1.807) is 24.3 Å². The van der Waals surface area contributed by atoms with Gasteiger partial charge in [0.2, 0.25) is 5.91 Å². The van der Waals surface area contributed by atoms with Crippen molar-refractivity contribution in [3.05, 3.63) is 57.6 Å². The van der Waals surface area contributed by atoms with Crippen molar-refractivity contribution >= 4 is 29.1 Å². The van der Waals surface area contributed by atoms with Crippen LogP contribution in [0.1, 0.15) is 24.0 Å². The Morgan fingerprint density at radius 1 is 1.22 bits per heavy atom. The van der Waals surface area contributed by atoms with Crippen molar-refractivity contribution in [3.8, 4) is 17.6 Å². The molecule has 0 saturated heterocycles. The quantitative estimate of drug-likeness (QED) is 0.626. The lowest BCUT2D eigenvalue weighted by molar-refractivity contribution is -0.121. The van der Waals surface area contributed by atoms with E-state index in [-0.39, 0.29) is 5.91 Å². The normalized spacial score (nSPS) is 10.1. The molecule has 0 fully saturated rings. The van der Waals surface area contributed by atoms with Crippen LogP contribution in [0.15, 0.2) is 36.4 Å². The Hall–Kier alpha value is -2.42. The molecule has 0 atom stereocenters. The number of benzene rings is 2. The number of hydrogen-bond acceptors (Lipinski definition) is 4. The van der Waals surface area contributed by atoms with Crippen molar-refractivity contribution in [3.63, 3.8) is 0 Å². The maximum absolute atomic E-state index is 11.9. The Labute approximate surface area is 168 Å². The highest BCUT2D eigenvalue weighted by atomic mass is 35.5. The highest BCUT2D eigenvalue weighted by molar-refractivity contribution is 6.42. The highest BCUT2D eigenvalue weighted by Gasteiger charge is 2.08. The summed E-state index contributed by atoms with van der Waals surface area (Å²) in [5, 5.41) is 12.8. The number of carbonyl (C=O) groups excluding carboxylic acids is 1. The number of ether oxygens (including phenoxy) is 2. The number of halogens is 2. The van der Waals surface area contributed by atoms with Gasteiger partial charge in [-0.1, -0.05) is 35.3 Å². The summed E-state index contributed by atoms with van der Waals surface area (Å²) >= 11 is 12.1. The highest BCUT2D eigenvalue weighted by Crippen LogP contribution is 2.28. The van der Waals surface area contributed by atoms with Crippen molar-refractivity contribution < 1.29 is 14.3 Å². The number of nitriles is 1. The second-order valence-corrected chi connectivity index (χ2v) is 6.53. The minimum atomic E-state index is -0.0523. The van der Waals surface area contributed by atoms with Crippen LogP contribution in [0.4, 0.5) is 0 Å². The van der Waals surface area contributed by atoms with Gasteiger partial charge in [0.15, 0.2) is 11.5 Å². The zero-order valence-electron chi connectivity index (χ0n) is 14.9. The van der Waals surface area contributed by atoms with E-state index in [2.05, 4.69) is 5.32 Å². The molecule has 1 N–H and O–H groups in total. The molecule has 5 nitrogen and oxygen atoms in total. The van der Waals surface area contributed by atoms with E-state index in [0.717, 1.165) is 5.56 Å². The van der Waals surface area contributed by atoms with Crippen molar-refractivity contribution in [1.29, 1.82) is 5.26 Å². The summed E-state index contributed by atoms with van der Waals surface area (Å²) in [5.74, 6) is 0.993. The van der Waals surface area contributed by atoms with Crippen molar-refractivity contribution in [2.75, 3.05) is 20.3 Å². The molecule has 0 radical (unpaired) electrons. The van der Waals surface area contributed by atoms with Crippen LogP contribution < -0.4 is 14.8 Å². The van der Waals surface area contributed by atoms with E-state index < -0.39 is 0 Å². The van der Waals surface area contributed by atoms with Gasteiger partial charge in [-0.3, -0.25) is 4.79 Å². The average molecular weight is 407 g/mol. The molecule has 0 unspecified atom stereocenters. The summed E-state index contributed by atoms with van der Waals surface area (Å²) in [6, 6.07) is 12.5. The van der Waals surface area contributed by atoms with Gasteiger partial charge in [0, 0.05) is 19.0 Å². The molecular weight excluding hydrogens is 387 g/mol. The van der Waals surface area contributed by atoms with Gasteiger partial charge >= 0.3 is 0 Å². The number of nitrogens with one attached hydrogen (secondary N) is 1. The second kappa shape index (κ2) is 10.7. The predicted octanol–water partition coefficient (Wildman–Crippen LogP) is 4.39. The molecule has 1 amide bonds. The summed E-state index contributed by atoms with van der Waals surface area (Å²) in [6.45, 7) is 0.860. The molecular formula is C20H20Cl2N2O3. The van der Waals surface area contributed by atoms with Gasteiger partial charge in [0.25, 0.3) is 0 Å². The van der Waals surface area contributed by atoms with E-state index >= 15 is 0 Å². The number of methoxy groups -OCH3 is 1. The molecule has 27 heavy (non-hydrogen) atoms. The van der Waals surface area contributed by atoms with Gasteiger partial charge in [0.1, 0.15) is 0 Å². The van der Waals surface area contributed by atoms with Crippen molar-refractivity contribution in [2.24, 2.45) is 0 Å². The maximum atomic E-state index is 11.9. The standard InChI is InChI=1S/C20H20Cl2N2O3/c1-26-18-12-14(13-23)7-8-17(18)27-11-3-6-19(25)24-10-9-15-4-2-5-16(21)20(15)22/h2,4-5,7-8,12H,3,6,9-11H2,1H3,(H,24,25). The Balaban J connectivity index is 1.69.